The highest BCUT2D eigenvalue weighted by Crippen LogP contribution is 2.29. The summed E-state index contributed by atoms with van der Waals surface area (Å²) < 4.78 is 0.699. The van der Waals surface area contributed by atoms with Crippen molar-refractivity contribution in [2.45, 2.75) is 29.9 Å². The molecule has 0 atom stereocenters. The number of nitrogens with zero attached hydrogens (tertiary/aromatic N) is 3. The third-order valence-electron chi connectivity index (χ3n) is 2.31. The maximum Gasteiger partial charge on any atom is 0.251 e. The molecule has 0 aliphatic carbocycles. The molecule has 0 unspecified atom stereocenters. The SMILES string of the molecule is CCCc1cc(=O)[nH]c(Sc2nc(NN)ncc2Br)n1. The van der Waals surface area contributed by atoms with Gasteiger partial charge in [0, 0.05) is 18.0 Å². The van der Waals surface area contributed by atoms with E-state index in [4.69, 9.17) is 5.84 Å². The molecule has 0 aliphatic heterocycles. The quantitative estimate of drug-likeness (QED) is 0.323. The summed E-state index contributed by atoms with van der Waals surface area (Å²) >= 11 is 4.59. The Labute approximate surface area is 127 Å². The number of anilines is 1. The molecule has 0 aliphatic rings. The zero-order chi connectivity index (χ0) is 14.5. The van der Waals surface area contributed by atoms with Gasteiger partial charge in [-0.25, -0.2) is 20.8 Å². The summed E-state index contributed by atoms with van der Waals surface area (Å²) in [6, 6.07) is 1.51. The smallest absolute Gasteiger partial charge is 0.251 e. The van der Waals surface area contributed by atoms with Gasteiger partial charge in [0.25, 0.3) is 5.56 Å². The second kappa shape index (κ2) is 6.82. The number of hydrogen-bond acceptors (Lipinski definition) is 7. The van der Waals surface area contributed by atoms with Gasteiger partial charge in [0.1, 0.15) is 5.03 Å². The Bertz CT molecular complexity index is 662. The van der Waals surface area contributed by atoms with Crippen LogP contribution in [0.5, 0.6) is 0 Å². The molecule has 7 nitrogen and oxygen atoms in total. The Morgan fingerprint density at radius 2 is 2.30 bits per heavy atom. The summed E-state index contributed by atoms with van der Waals surface area (Å²) in [7, 11) is 0. The van der Waals surface area contributed by atoms with Crippen LogP contribution in [-0.4, -0.2) is 19.9 Å². The van der Waals surface area contributed by atoms with Crippen molar-refractivity contribution in [3.63, 3.8) is 0 Å². The molecule has 0 bridgehead atoms. The zero-order valence-corrected chi connectivity index (χ0v) is 13.1. The molecule has 0 spiro atoms. The van der Waals surface area contributed by atoms with E-state index in [0.29, 0.717) is 20.6 Å². The van der Waals surface area contributed by atoms with E-state index < -0.39 is 0 Å². The van der Waals surface area contributed by atoms with Crippen LogP contribution in [0.4, 0.5) is 5.95 Å². The minimum Gasteiger partial charge on any atom is -0.301 e. The zero-order valence-electron chi connectivity index (χ0n) is 10.7. The van der Waals surface area contributed by atoms with Gasteiger partial charge in [0.15, 0.2) is 5.16 Å². The normalized spacial score (nSPS) is 10.6. The molecule has 106 valence electrons. The predicted octanol–water partition coefficient (Wildman–Crippen LogP) is 1.71. The summed E-state index contributed by atoms with van der Waals surface area (Å²) in [4.78, 5) is 26.8. The van der Waals surface area contributed by atoms with E-state index in [-0.39, 0.29) is 5.56 Å². The first-order valence-electron chi connectivity index (χ1n) is 5.89. The van der Waals surface area contributed by atoms with E-state index in [9.17, 15) is 4.79 Å². The third kappa shape index (κ3) is 3.78. The topological polar surface area (TPSA) is 110 Å². The molecule has 0 radical (unpaired) electrons. The van der Waals surface area contributed by atoms with Gasteiger partial charge in [-0.3, -0.25) is 10.2 Å². The second-order valence-corrected chi connectivity index (χ2v) is 5.72. The van der Waals surface area contributed by atoms with Crippen LogP contribution in [-0.2, 0) is 6.42 Å². The lowest BCUT2D eigenvalue weighted by molar-refractivity contribution is 0.814. The van der Waals surface area contributed by atoms with Gasteiger partial charge in [-0.1, -0.05) is 13.3 Å². The summed E-state index contributed by atoms with van der Waals surface area (Å²) in [5.74, 6) is 5.57. The number of aromatic nitrogens is 4. The number of aromatic amines is 1. The fourth-order valence-corrected chi connectivity index (χ4v) is 2.71. The number of hydrogen-bond donors (Lipinski definition) is 3. The number of nitrogens with one attached hydrogen (secondary N) is 2. The summed E-state index contributed by atoms with van der Waals surface area (Å²) in [5, 5.41) is 1.10. The minimum absolute atomic E-state index is 0.173. The standard InChI is InChI=1S/C11H13BrN6OS/c1-2-3-6-4-8(19)16-11(15-6)20-9-7(12)5-14-10(17-9)18-13/h4-5H,2-3,13H2,1H3,(H,14,17,18)(H,15,16,19). The van der Waals surface area contributed by atoms with Gasteiger partial charge >= 0.3 is 0 Å². The van der Waals surface area contributed by atoms with Crippen LogP contribution in [0, 0.1) is 0 Å². The molecule has 9 heteroatoms. The van der Waals surface area contributed by atoms with E-state index in [1.807, 2.05) is 6.92 Å². The van der Waals surface area contributed by atoms with Crippen LogP contribution in [0.25, 0.3) is 0 Å². The molecule has 20 heavy (non-hydrogen) atoms. The van der Waals surface area contributed by atoms with E-state index in [1.54, 1.807) is 6.20 Å². The number of aryl methyl sites for hydroxylation is 1. The van der Waals surface area contributed by atoms with Crippen LogP contribution < -0.4 is 16.8 Å². The van der Waals surface area contributed by atoms with Crippen LogP contribution in [0.2, 0.25) is 0 Å². The Kier molecular flexibility index (Phi) is 5.10. The average molecular weight is 357 g/mol. The van der Waals surface area contributed by atoms with Crippen molar-refractivity contribution in [2.24, 2.45) is 5.84 Å². The van der Waals surface area contributed by atoms with Crippen LogP contribution in [0.15, 0.2) is 31.7 Å². The fourth-order valence-electron chi connectivity index (χ4n) is 1.50. The molecule has 2 heterocycles. The minimum atomic E-state index is -0.173. The summed E-state index contributed by atoms with van der Waals surface area (Å²) in [6.07, 6.45) is 3.27. The van der Waals surface area contributed by atoms with E-state index >= 15 is 0 Å². The Balaban J connectivity index is 2.31. The van der Waals surface area contributed by atoms with Crippen molar-refractivity contribution in [2.75, 3.05) is 5.43 Å². The van der Waals surface area contributed by atoms with Crippen molar-refractivity contribution in [1.82, 2.24) is 19.9 Å². The lowest BCUT2D eigenvalue weighted by Gasteiger charge is -2.05. The maximum absolute atomic E-state index is 11.6. The number of hydrazine groups is 1. The van der Waals surface area contributed by atoms with Crippen molar-refractivity contribution >= 4 is 33.6 Å². The van der Waals surface area contributed by atoms with Crippen molar-refractivity contribution in [1.29, 1.82) is 0 Å². The first kappa shape index (κ1) is 14.9. The van der Waals surface area contributed by atoms with Crippen molar-refractivity contribution in [3.05, 3.63) is 32.8 Å². The molecule has 0 fully saturated rings. The number of H-pyrrole nitrogens is 1. The van der Waals surface area contributed by atoms with Gasteiger partial charge in [-0.2, -0.15) is 0 Å². The molecule has 0 aromatic carbocycles. The highest BCUT2D eigenvalue weighted by atomic mass is 79.9. The van der Waals surface area contributed by atoms with Crippen LogP contribution in [0.3, 0.4) is 0 Å². The predicted molar refractivity (Wildman–Crippen MR) is 80.5 cm³/mol. The van der Waals surface area contributed by atoms with Crippen molar-refractivity contribution < 1.29 is 0 Å². The number of nitrogen functional groups attached to an aromatic ring is 1. The molecule has 2 aromatic rings. The fraction of sp³-hybridized carbons (Fsp3) is 0.273. The van der Waals surface area contributed by atoms with E-state index in [0.717, 1.165) is 18.5 Å². The van der Waals surface area contributed by atoms with Gasteiger partial charge in [0.05, 0.1) is 4.47 Å². The number of rotatable bonds is 5. The number of nitrogens with two attached hydrogens (primary N) is 1. The van der Waals surface area contributed by atoms with Crippen LogP contribution in [0.1, 0.15) is 19.0 Å². The highest BCUT2D eigenvalue weighted by Gasteiger charge is 2.09. The third-order valence-corrected chi connectivity index (χ3v) is 4.05. The second-order valence-electron chi connectivity index (χ2n) is 3.88. The Morgan fingerprint density at radius 3 is 3.00 bits per heavy atom. The van der Waals surface area contributed by atoms with E-state index in [1.165, 1.54) is 17.8 Å². The molecule has 2 rings (SSSR count). The van der Waals surface area contributed by atoms with Gasteiger partial charge in [-0.15, -0.1) is 0 Å². The average Bonchev–Trinajstić information content (AvgIpc) is 2.41. The summed E-state index contributed by atoms with van der Waals surface area (Å²) in [6.45, 7) is 2.04. The Hall–Kier alpha value is -1.45. The number of halogens is 1. The largest absolute Gasteiger partial charge is 0.301 e. The monoisotopic (exact) mass is 356 g/mol. The lowest BCUT2D eigenvalue weighted by atomic mass is 10.2. The summed E-state index contributed by atoms with van der Waals surface area (Å²) in [5.41, 5.74) is 2.97. The van der Waals surface area contributed by atoms with Crippen molar-refractivity contribution in [3.8, 4) is 0 Å². The van der Waals surface area contributed by atoms with Crippen LogP contribution >= 0.6 is 27.7 Å². The maximum atomic E-state index is 11.6. The molecule has 0 amide bonds. The molecule has 4 N–H and O–H groups in total. The molecule has 2 aromatic heterocycles. The molecule has 0 saturated heterocycles. The molecular formula is C11H13BrN6OS. The lowest BCUT2D eigenvalue weighted by Crippen LogP contribution is -2.11. The van der Waals surface area contributed by atoms with E-state index in [2.05, 4.69) is 41.3 Å². The Morgan fingerprint density at radius 1 is 1.50 bits per heavy atom. The van der Waals surface area contributed by atoms with Gasteiger partial charge in [-0.05, 0) is 34.1 Å². The van der Waals surface area contributed by atoms with Gasteiger partial charge in [0.2, 0.25) is 5.95 Å². The highest BCUT2D eigenvalue weighted by molar-refractivity contribution is 9.10. The molecular weight excluding hydrogens is 344 g/mol. The first-order chi connectivity index (χ1) is 9.62. The first-order valence-corrected chi connectivity index (χ1v) is 7.50. The van der Waals surface area contributed by atoms with Gasteiger partial charge < -0.3 is 4.98 Å². The molecule has 0 saturated carbocycles.